The molecule has 2 saturated carbocycles. The number of hydrogen-bond donors (Lipinski definition) is 3. The zero-order chi connectivity index (χ0) is 30.2. The second kappa shape index (κ2) is 12.4. The second-order valence-electron chi connectivity index (χ2n) is 12.1. The highest BCUT2D eigenvalue weighted by molar-refractivity contribution is 7.92. The van der Waals surface area contributed by atoms with Crippen LogP contribution in [0, 0.1) is 6.92 Å². The van der Waals surface area contributed by atoms with Crippen LogP contribution in [0.3, 0.4) is 0 Å². The highest BCUT2D eigenvalue weighted by Crippen LogP contribution is 2.40. The third kappa shape index (κ3) is 7.01. The number of aryl methyl sites for hydroxylation is 2. The predicted molar refractivity (Wildman–Crippen MR) is 167 cm³/mol. The van der Waals surface area contributed by atoms with Crippen molar-refractivity contribution in [3.63, 3.8) is 0 Å². The molecule has 3 aromatic rings. The summed E-state index contributed by atoms with van der Waals surface area (Å²) in [6, 6.07) is 5.65. The van der Waals surface area contributed by atoms with Crippen LogP contribution in [0.25, 0.3) is 0 Å². The van der Waals surface area contributed by atoms with E-state index >= 15 is 0 Å². The van der Waals surface area contributed by atoms with Crippen molar-refractivity contribution in [2.75, 3.05) is 10.6 Å². The Bertz CT molecular complexity index is 1530. The Morgan fingerprint density at radius 1 is 1.00 bits per heavy atom. The Balaban J connectivity index is 1.38. The maximum absolute atomic E-state index is 12.9. The summed E-state index contributed by atoms with van der Waals surface area (Å²) in [7, 11) is -1.97. The fraction of sp³-hybridized carbons (Fsp3) is 0.567. The van der Waals surface area contributed by atoms with Gasteiger partial charge >= 0.3 is 0 Å². The first-order chi connectivity index (χ1) is 19.9. The summed E-state index contributed by atoms with van der Waals surface area (Å²) in [6.07, 6.45) is 10.4. The zero-order valence-electron chi connectivity index (χ0n) is 25.2. The lowest BCUT2D eigenvalue weighted by Gasteiger charge is -2.31. The number of sulfone groups is 1. The van der Waals surface area contributed by atoms with E-state index in [0.29, 0.717) is 23.6 Å². The van der Waals surface area contributed by atoms with E-state index in [4.69, 9.17) is 16.3 Å². The van der Waals surface area contributed by atoms with Crippen LogP contribution in [0.1, 0.15) is 83.3 Å². The van der Waals surface area contributed by atoms with Gasteiger partial charge in [0.15, 0.2) is 5.82 Å². The topological polar surface area (TPSA) is 123 Å². The Hall–Kier alpha value is -2.89. The molecule has 10 nitrogen and oxygen atoms in total. The first kappa shape index (κ1) is 30.6. The monoisotopic (exact) mass is 615 g/mol. The van der Waals surface area contributed by atoms with E-state index in [0.717, 1.165) is 30.3 Å². The van der Waals surface area contributed by atoms with E-state index < -0.39 is 15.1 Å². The Kier molecular flexibility index (Phi) is 9.01. The molecule has 2 aliphatic carbocycles. The van der Waals surface area contributed by atoms with Gasteiger partial charge in [-0.2, -0.15) is 10.1 Å². The quantitative estimate of drug-likeness (QED) is 0.225. The highest BCUT2D eigenvalue weighted by atomic mass is 35.5. The lowest BCUT2D eigenvalue weighted by molar-refractivity contribution is 0.243. The number of halogens is 1. The molecule has 0 saturated heterocycles. The van der Waals surface area contributed by atoms with Crippen LogP contribution in [0.4, 0.5) is 23.1 Å². The van der Waals surface area contributed by atoms with Gasteiger partial charge in [0.05, 0.1) is 28.9 Å². The lowest BCUT2D eigenvalue weighted by Crippen LogP contribution is -2.34. The second-order valence-corrected chi connectivity index (χ2v) is 14.9. The maximum atomic E-state index is 12.9. The third-order valence-electron chi connectivity index (χ3n) is 7.88. The molecule has 0 atom stereocenters. The van der Waals surface area contributed by atoms with Crippen LogP contribution in [0.2, 0.25) is 5.02 Å². The lowest BCUT2D eigenvalue weighted by atomic mass is 9.80. The van der Waals surface area contributed by atoms with E-state index in [-0.39, 0.29) is 22.0 Å². The summed E-state index contributed by atoms with van der Waals surface area (Å²) in [4.78, 5) is 8.96. The number of anilines is 4. The molecule has 12 heteroatoms. The summed E-state index contributed by atoms with van der Waals surface area (Å²) >= 11 is 6.44. The van der Waals surface area contributed by atoms with Crippen molar-refractivity contribution in [1.29, 1.82) is 0 Å². The van der Waals surface area contributed by atoms with Gasteiger partial charge in [-0.25, -0.2) is 13.4 Å². The Labute approximate surface area is 253 Å². The van der Waals surface area contributed by atoms with Crippen LogP contribution >= 0.6 is 11.6 Å². The molecule has 1 aromatic carbocycles. The van der Waals surface area contributed by atoms with Crippen molar-refractivity contribution in [1.82, 2.24) is 25.1 Å². The molecule has 2 aromatic heterocycles. The molecular weight excluding hydrogens is 574 g/mol. The molecule has 0 spiro atoms. The van der Waals surface area contributed by atoms with Gasteiger partial charge in [0.2, 0.25) is 20.8 Å². The Morgan fingerprint density at radius 2 is 1.67 bits per heavy atom. The molecule has 0 bridgehead atoms. The molecule has 2 aliphatic rings. The number of benzene rings is 1. The molecule has 2 fully saturated rings. The van der Waals surface area contributed by atoms with Crippen molar-refractivity contribution in [3.05, 3.63) is 40.7 Å². The molecule has 0 unspecified atom stereocenters. The fourth-order valence-corrected chi connectivity index (χ4v) is 6.74. The van der Waals surface area contributed by atoms with Gasteiger partial charge in [-0.15, -0.1) is 0 Å². The number of nitrogens with one attached hydrogen (secondary N) is 3. The summed E-state index contributed by atoms with van der Waals surface area (Å²) < 4.78 is 33.5. The van der Waals surface area contributed by atoms with Crippen LogP contribution < -0.4 is 20.7 Å². The van der Waals surface area contributed by atoms with Crippen LogP contribution in [0.15, 0.2) is 29.6 Å². The standard InChI is InChI=1S/C30H42ClN7O3S/c1-17(2)41-27-14-23(20-7-9-21(10-8-20)33-22-11-12-22)19(5)13-25(27)35-30-32-15-24(31)28(36-30)34-26-16-38(6)37-29(26)42(39,40)18(3)4/h13-18,20-22,33H,7-12H2,1-6H3,(H2,32,34,35,36). The minimum absolute atomic E-state index is 0.0187. The van der Waals surface area contributed by atoms with Gasteiger partial charge in [0, 0.05) is 25.3 Å². The zero-order valence-corrected chi connectivity index (χ0v) is 26.8. The van der Waals surface area contributed by atoms with Gasteiger partial charge in [-0.1, -0.05) is 11.6 Å². The molecular formula is C30H42ClN7O3S. The number of aromatic nitrogens is 4. The van der Waals surface area contributed by atoms with Gasteiger partial charge in [-0.3, -0.25) is 4.68 Å². The molecule has 2 heterocycles. The molecule has 0 radical (unpaired) electrons. The highest BCUT2D eigenvalue weighted by Gasteiger charge is 2.30. The Morgan fingerprint density at radius 3 is 2.29 bits per heavy atom. The van der Waals surface area contributed by atoms with Crippen LogP contribution in [0.5, 0.6) is 5.75 Å². The first-order valence-corrected chi connectivity index (χ1v) is 16.7. The minimum Gasteiger partial charge on any atom is -0.489 e. The van der Waals surface area contributed by atoms with Crippen molar-refractivity contribution in [3.8, 4) is 5.75 Å². The van der Waals surface area contributed by atoms with Gasteiger partial charge in [-0.05, 0) is 102 Å². The van der Waals surface area contributed by atoms with E-state index in [2.05, 4.69) is 50.1 Å². The largest absolute Gasteiger partial charge is 0.489 e. The fourth-order valence-electron chi connectivity index (χ4n) is 5.50. The van der Waals surface area contributed by atoms with E-state index in [9.17, 15) is 8.42 Å². The summed E-state index contributed by atoms with van der Waals surface area (Å²) in [5.74, 6) is 1.81. The van der Waals surface area contributed by atoms with Crippen LogP contribution in [-0.4, -0.2) is 51.6 Å². The van der Waals surface area contributed by atoms with Crippen molar-refractivity contribution < 1.29 is 13.2 Å². The number of ether oxygens (including phenoxy) is 1. The maximum Gasteiger partial charge on any atom is 0.229 e. The molecule has 3 N–H and O–H groups in total. The number of rotatable bonds is 11. The predicted octanol–water partition coefficient (Wildman–Crippen LogP) is 6.41. The van der Waals surface area contributed by atoms with Crippen LogP contribution in [-0.2, 0) is 16.9 Å². The van der Waals surface area contributed by atoms with Gasteiger partial charge in [0.25, 0.3) is 0 Å². The molecule has 42 heavy (non-hydrogen) atoms. The first-order valence-electron chi connectivity index (χ1n) is 14.8. The molecule has 0 amide bonds. The van der Waals surface area contributed by atoms with E-state index in [1.54, 1.807) is 27.1 Å². The van der Waals surface area contributed by atoms with Gasteiger partial charge < -0.3 is 20.7 Å². The van der Waals surface area contributed by atoms with E-state index in [1.165, 1.54) is 47.7 Å². The molecule has 228 valence electrons. The van der Waals surface area contributed by atoms with Crippen molar-refractivity contribution >= 4 is 44.6 Å². The smallest absolute Gasteiger partial charge is 0.229 e. The minimum atomic E-state index is -3.64. The summed E-state index contributed by atoms with van der Waals surface area (Å²) in [6.45, 7) is 9.40. The van der Waals surface area contributed by atoms with Crippen molar-refractivity contribution in [2.45, 2.75) is 108 Å². The average Bonchev–Trinajstić information content (AvgIpc) is 3.66. The third-order valence-corrected chi connectivity index (χ3v) is 10.2. The van der Waals surface area contributed by atoms with E-state index in [1.807, 2.05) is 13.8 Å². The SMILES string of the molecule is Cc1cc(Nc2ncc(Cl)c(Nc3cn(C)nc3S(=O)(=O)C(C)C)n2)c(OC(C)C)cc1C1CCC(NC2CC2)CC1. The van der Waals surface area contributed by atoms with Crippen molar-refractivity contribution in [2.24, 2.45) is 7.05 Å². The van der Waals surface area contributed by atoms with Gasteiger partial charge in [0.1, 0.15) is 10.8 Å². The average molecular weight is 616 g/mol. The molecule has 0 aliphatic heterocycles. The normalized spacial score (nSPS) is 19.4. The molecule has 5 rings (SSSR count). The summed E-state index contributed by atoms with van der Waals surface area (Å²) in [5.41, 5.74) is 3.57. The number of hydrogen-bond acceptors (Lipinski definition) is 9. The summed E-state index contributed by atoms with van der Waals surface area (Å²) in [5, 5.41) is 13.9. The number of nitrogens with zero attached hydrogens (tertiary/aromatic N) is 4.